The van der Waals surface area contributed by atoms with Gasteiger partial charge in [0.05, 0.1) is 4.47 Å². The standard InChI is InChI=1S/C15H18BrF2NO2/c1-2-6-15(14(20)21)7-3-8-19(15)9-10-12(17)5-4-11(16)13(10)18/h4-5H,2-3,6-9H2,1H3,(H,20,21). The summed E-state index contributed by atoms with van der Waals surface area (Å²) in [5, 5.41) is 9.60. The first-order chi connectivity index (χ1) is 9.92. The van der Waals surface area contributed by atoms with Crippen LogP contribution in [0.25, 0.3) is 0 Å². The SMILES string of the molecule is CCCC1(C(=O)O)CCCN1Cc1c(F)ccc(Br)c1F. The first kappa shape index (κ1) is 16.4. The molecule has 21 heavy (non-hydrogen) atoms. The van der Waals surface area contributed by atoms with Crippen LogP contribution in [-0.4, -0.2) is 28.1 Å². The van der Waals surface area contributed by atoms with Gasteiger partial charge in [-0.3, -0.25) is 9.69 Å². The van der Waals surface area contributed by atoms with E-state index < -0.39 is 23.1 Å². The third-order valence-corrected chi connectivity index (χ3v) is 4.79. The van der Waals surface area contributed by atoms with Crippen molar-refractivity contribution in [2.45, 2.75) is 44.7 Å². The minimum absolute atomic E-state index is 0.0244. The van der Waals surface area contributed by atoms with Crippen LogP contribution in [0, 0.1) is 11.6 Å². The van der Waals surface area contributed by atoms with Crippen molar-refractivity contribution in [3.63, 3.8) is 0 Å². The molecular formula is C15H18BrF2NO2. The number of carbonyl (C=O) groups is 1. The van der Waals surface area contributed by atoms with Gasteiger partial charge in [0.25, 0.3) is 0 Å². The molecular weight excluding hydrogens is 344 g/mol. The molecule has 1 aliphatic rings. The molecule has 1 saturated heterocycles. The molecule has 6 heteroatoms. The molecule has 0 spiro atoms. The molecule has 1 heterocycles. The van der Waals surface area contributed by atoms with Crippen LogP contribution in [0.2, 0.25) is 0 Å². The fourth-order valence-electron chi connectivity index (χ4n) is 3.12. The summed E-state index contributed by atoms with van der Waals surface area (Å²) in [7, 11) is 0. The Labute approximate surface area is 131 Å². The van der Waals surface area contributed by atoms with E-state index >= 15 is 0 Å². The summed E-state index contributed by atoms with van der Waals surface area (Å²) in [4.78, 5) is 13.4. The molecule has 1 N–H and O–H groups in total. The molecule has 0 aliphatic carbocycles. The van der Waals surface area contributed by atoms with Gasteiger partial charge >= 0.3 is 5.97 Å². The first-order valence-electron chi connectivity index (χ1n) is 7.03. The van der Waals surface area contributed by atoms with Crippen LogP contribution >= 0.6 is 15.9 Å². The molecule has 1 aliphatic heterocycles. The Hall–Kier alpha value is -1.01. The number of halogens is 3. The van der Waals surface area contributed by atoms with Gasteiger partial charge in [-0.15, -0.1) is 0 Å². The van der Waals surface area contributed by atoms with E-state index in [1.54, 1.807) is 4.90 Å². The molecule has 1 atom stereocenters. The van der Waals surface area contributed by atoms with Crippen LogP contribution in [0.5, 0.6) is 0 Å². The van der Waals surface area contributed by atoms with E-state index in [-0.39, 0.29) is 16.6 Å². The lowest BCUT2D eigenvalue weighted by atomic mass is 9.90. The zero-order valence-corrected chi connectivity index (χ0v) is 13.4. The molecule has 0 aromatic heterocycles. The van der Waals surface area contributed by atoms with Crippen molar-refractivity contribution in [2.24, 2.45) is 0 Å². The van der Waals surface area contributed by atoms with Crippen LogP contribution in [0.4, 0.5) is 8.78 Å². The van der Waals surface area contributed by atoms with E-state index in [0.717, 1.165) is 6.42 Å². The Balaban J connectivity index is 2.34. The number of aliphatic carboxylic acids is 1. The minimum atomic E-state index is -1.00. The predicted molar refractivity (Wildman–Crippen MR) is 79.0 cm³/mol. The number of benzene rings is 1. The maximum Gasteiger partial charge on any atom is 0.324 e. The molecule has 2 rings (SSSR count). The predicted octanol–water partition coefficient (Wildman–Crippen LogP) is 3.95. The highest BCUT2D eigenvalue weighted by Crippen LogP contribution is 2.36. The van der Waals surface area contributed by atoms with Gasteiger partial charge in [0.15, 0.2) is 0 Å². The van der Waals surface area contributed by atoms with E-state index in [0.29, 0.717) is 25.8 Å². The van der Waals surface area contributed by atoms with Crippen molar-refractivity contribution in [3.05, 3.63) is 33.8 Å². The lowest BCUT2D eigenvalue weighted by molar-refractivity contribution is -0.150. The highest BCUT2D eigenvalue weighted by atomic mass is 79.9. The molecule has 0 amide bonds. The Morgan fingerprint density at radius 3 is 2.81 bits per heavy atom. The van der Waals surface area contributed by atoms with Crippen molar-refractivity contribution in [1.82, 2.24) is 4.90 Å². The zero-order chi connectivity index (χ0) is 15.6. The summed E-state index contributed by atoms with van der Waals surface area (Å²) in [5.41, 5.74) is -1.08. The van der Waals surface area contributed by atoms with Crippen LogP contribution in [0.1, 0.15) is 38.2 Å². The smallest absolute Gasteiger partial charge is 0.324 e. The summed E-state index contributed by atoms with van der Waals surface area (Å²) in [5.74, 6) is -2.20. The Kier molecular flexibility index (Phi) is 4.99. The summed E-state index contributed by atoms with van der Waals surface area (Å²) in [6.07, 6.45) is 2.45. The highest BCUT2D eigenvalue weighted by molar-refractivity contribution is 9.10. The Morgan fingerprint density at radius 1 is 1.48 bits per heavy atom. The number of nitrogens with zero attached hydrogens (tertiary/aromatic N) is 1. The van der Waals surface area contributed by atoms with E-state index in [9.17, 15) is 18.7 Å². The van der Waals surface area contributed by atoms with Crippen molar-refractivity contribution in [3.8, 4) is 0 Å². The summed E-state index contributed by atoms with van der Waals surface area (Å²) in [6.45, 7) is 2.43. The fraction of sp³-hybridized carbons (Fsp3) is 0.533. The van der Waals surface area contributed by atoms with Gasteiger partial charge in [-0.05, 0) is 53.9 Å². The molecule has 1 unspecified atom stereocenters. The second kappa shape index (κ2) is 6.40. The third-order valence-electron chi connectivity index (χ3n) is 4.17. The average molecular weight is 362 g/mol. The van der Waals surface area contributed by atoms with Crippen LogP contribution < -0.4 is 0 Å². The van der Waals surface area contributed by atoms with Crippen LogP contribution in [-0.2, 0) is 11.3 Å². The molecule has 1 aromatic rings. The quantitative estimate of drug-likeness (QED) is 0.807. The lowest BCUT2D eigenvalue weighted by Crippen LogP contribution is -2.50. The van der Waals surface area contributed by atoms with E-state index in [1.807, 2.05) is 6.92 Å². The number of hydrogen-bond acceptors (Lipinski definition) is 2. The molecule has 0 radical (unpaired) electrons. The molecule has 1 aromatic carbocycles. The maximum absolute atomic E-state index is 14.1. The highest BCUT2D eigenvalue weighted by Gasteiger charge is 2.47. The largest absolute Gasteiger partial charge is 0.480 e. The van der Waals surface area contributed by atoms with E-state index in [4.69, 9.17) is 0 Å². The van der Waals surface area contributed by atoms with Gasteiger partial charge in [0.2, 0.25) is 0 Å². The van der Waals surface area contributed by atoms with Crippen molar-refractivity contribution < 1.29 is 18.7 Å². The monoisotopic (exact) mass is 361 g/mol. The normalized spacial score (nSPS) is 22.7. The molecule has 0 saturated carbocycles. The summed E-state index contributed by atoms with van der Waals surface area (Å²) < 4.78 is 28.2. The topological polar surface area (TPSA) is 40.5 Å². The van der Waals surface area contributed by atoms with Crippen LogP contribution in [0.15, 0.2) is 16.6 Å². The number of carboxylic acid groups (broad SMARTS) is 1. The second-order valence-corrected chi connectivity index (χ2v) is 6.29. The Bertz CT molecular complexity index is 553. The van der Waals surface area contributed by atoms with Gasteiger partial charge < -0.3 is 5.11 Å². The Morgan fingerprint density at radius 2 is 2.19 bits per heavy atom. The minimum Gasteiger partial charge on any atom is -0.480 e. The van der Waals surface area contributed by atoms with Crippen molar-refractivity contribution in [2.75, 3.05) is 6.54 Å². The molecule has 3 nitrogen and oxygen atoms in total. The van der Waals surface area contributed by atoms with Crippen LogP contribution in [0.3, 0.4) is 0 Å². The van der Waals surface area contributed by atoms with Crippen molar-refractivity contribution >= 4 is 21.9 Å². The third kappa shape index (κ3) is 2.97. The van der Waals surface area contributed by atoms with E-state index in [2.05, 4.69) is 15.9 Å². The summed E-state index contributed by atoms with van der Waals surface area (Å²) >= 11 is 3.04. The van der Waals surface area contributed by atoms with Gasteiger partial charge in [-0.25, -0.2) is 8.78 Å². The van der Waals surface area contributed by atoms with Gasteiger partial charge in [0.1, 0.15) is 17.2 Å². The number of likely N-dealkylation sites (tertiary alicyclic amines) is 1. The fourth-order valence-corrected chi connectivity index (χ4v) is 3.49. The van der Waals surface area contributed by atoms with Gasteiger partial charge in [-0.2, -0.15) is 0 Å². The zero-order valence-electron chi connectivity index (χ0n) is 11.8. The second-order valence-electron chi connectivity index (χ2n) is 5.43. The summed E-state index contributed by atoms with van der Waals surface area (Å²) in [6, 6.07) is 2.51. The van der Waals surface area contributed by atoms with Crippen molar-refractivity contribution in [1.29, 1.82) is 0 Å². The molecule has 0 bridgehead atoms. The molecule has 1 fully saturated rings. The maximum atomic E-state index is 14.1. The van der Waals surface area contributed by atoms with E-state index in [1.165, 1.54) is 12.1 Å². The number of rotatable bonds is 5. The first-order valence-corrected chi connectivity index (χ1v) is 7.82. The lowest BCUT2D eigenvalue weighted by Gasteiger charge is -2.34. The average Bonchev–Trinajstić information content (AvgIpc) is 2.84. The van der Waals surface area contributed by atoms with Gasteiger partial charge in [-0.1, -0.05) is 13.3 Å². The number of carboxylic acids is 1. The van der Waals surface area contributed by atoms with Gasteiger partial charge in [0, 0.05) is 12.1 Å². The number of hydrogen-bond donors (Lipinski definition) is 1. The molecule has 116 valence electrons.